The van der Waals surface area contributed by atoms with Gasteiger partial charge in [0.2, 0.25) is 0 Å². The van der Waals surface area contributed by atoms with E-state index in [-0.39, 0.29) is 5.75 Å². The number of nitrogens with zero attached hydrogens (tertiary/aromatic N) is 1. The molecule has 8 heteroatoms. The third-order valence-electron chi connectivity index (χ3n) is 2.89. The van der Waals surface area contributed by atoms with Crippen LogP contribution in [0.5, 0.6) is 11.5 Å². The van der Waals surface area contributed by atoms with Crippen LogP contribution in [0.25, 0.3) is 0 Å². The topological polar surface area (TPSA) is 100 Å². The molecule has 2 amide bonds. The average Bonchev–Trinajstić information content (AvgIpc) is 2.56. The Kier molecular flexibility index (Phi) is 5.75. The zero-order chi connectivity index (χ0) is 17.5. The fraction of sp³-hybridized carbons (Fsp3) is 0.0625. The first-order valence-electron chi connectivity index (χ1n) is 6.76. The van der Waals surface area contributed by atoms with E-state index in [1.165, 1.54) is 31.5 Å². The molecule has 7 nitrogen and oxygen atoms in total. The summed E-state index contributed by atoms with van der Waals surface area (Å²) in [6.07, 6.45) is 1.34. The van der Waals surface area contributed by atoms with Crippen molar-refractivity contribution >= 4 is 35.3 Å². The number of halogens is 1. The van der Waals surface area contributed by atoms with E-state index in [4.69, 9.17) is 21.4 Å². The number of anilines is 1. The molecule has 2 aromatic carbocycles. The normalized spacial score (nSPS) is 10.4. The van der Waals surface area contributed by atoms with Crippen molar-refractivity contribution in [3.05, 3.63) is 53.1 Å². The molecular formula is C16H14ClN3O4. The Morgan fingerprint density at radius 3 is 2.50 bits per heavy atom. The first-order valence-corrected chi connectivity index (χ1v) is 7.14. The van der Waals surface area contributed by atoms with E-state index < -0.39 is 11.8 Å². The average molecular weight is 348 g/mol. The lowest BCUT2D eigenvalue weighted by molar-refractivity contribution is -0.136. The van der Waals surface area contributed by atoms with Crippen molar-refractivity contribution in [2.75, 3.05) is 12.4 Å². The van der Waals surface area contributed by atoms with Gasteiger partial charge >= 0.3 is 11.8 Å². The van der Waals surface area contributed by atoms with Gasteiger partial charge in [0.15, 0.2) is 0 Å². The van der Waals surface area contributed by atoms with Crippen molar-refractivity contribution in [2.45, 2.75) is 0 Å². The van der Waals surface area contributed by atoms with Crippen LogP contribution in [0.4, 0.5) is 5.69 Å². The number of methoxy groups -OCH3 is 1. The standard InChI is InChI=1S/C16H14ClN3O4/c1-24-14-7-4-11(8-13(14)17)19-15(22)16(23)20-18-9-10-2-5-12(21)6-3-10/h2-9,21H,1H3,(H,19,22)(H,20,23)/b18-9-. The van der Waals surface area contributed by atoms with Crippen LogP contribution in [-0.4, -0.2) is 30.2 Å². The molecule has 0 heterocycles. The number of carbonyl (C=O) groups is 2. The van der Waals surface area contributed by atoms with Gasteiger partial charge in [-0.05, 0) is 48.0 Å². The second-order valence-electron chi connectivity index (χ2n) is 4.59. The number of hydrogen-bond donors (Lipinski definition) is 3. The predicted molar refractivity (Wildman–Crippen MR) is 90.5 cm³/mol. The van der Waals surface area contributed by atoms with Gasteiger partial charge < -0.3 is 15.2 Å². The molecule has 0 bridgehead atoms. The van der Waals surface area contributed by atoms with Crippen molar-refractivity contribution in [3.8, 4) is 11.5 Å². The lowest BCUT2D eigenvalue weighted by atomic mass is 10.2. The number of amides is 2. The Labute approximate surface area is 142 Å². The summed E-state index contributed by atoms with van der Waals surface area (Å²) in [5.74, 6) is -1.25. The van der Waals surface area contributed by atoms with Crippen molar-refractivity contribution in [1.82, 2.24) is 5.43 Å². The van der Waals surface area contributed by atoms with E-state index in [0.29, 0.717) is 22.0 Å². The Morgan fingerprint density at radius 1 is 1.17 bits per heavy atom. The van der Waals surface area contributed by atoms with Gasteiger partial charge in [0.25, 0.3) is 0 Å². The minimum absolute atomic E-state index is 0.119. The fourth-order valence-electron chi connectivity index (χ4n) is 1.71. The highest BCUT2D eigenvalue weighted by molar-refractivity contribution is 6.40. The van der Waals surface area contributed by atoms with Crippen LogP contribution >= 0.6 is 11.6 Å². The molecule has 2 aromatic rings. The molecular weight excluding hydrogens is 334 g/mol. The second-order valence-corrected chi connectivity index (χ2v) is 5.00. The van der Waals surface area contributed by atoms with Gasteiger partial charge in [-0.2, -0.15) is 5.10 Å². The maximum atomic E-state index is 11.8. The second kappa shape index (κ2) is 7.98. The minimum atomic E-state index is -0.933. The fourth-order valence-corrected chi connectivity index (χ4v) is 1.97. The molecule has 124 valence electrons. The molecule has 0 aliphatic carbocycles. The molecule has 0 aliphatic rings. The summed E-state index contributed by atoms with van der Waals surface area (Å²) in [6, 6.07) is 10.7. The highest BCUT2D eigenvalue weighted by Gasteiger charge is 2.13. The van der Waals surface area contributed by atoms with Crippen LogP contribution in [0, 0.1) is 0 Å². The van der Waals surface area contributed by atoms with Crippen LogP contribution in [0.2, 0.25) is 5.02 Å². The van der Waals surface area contributed by atoms with Gasteiger partial charge in [-0.3, -0.25) is 9.59 Å². The first kappa shape index (κ1) is 17.3. The van der Waals surface area contributed by atoms with E-state index >= 15 is 0 Å². The maximum absolute atomic E-state index is 11.8. The van der Waals surface area contributed by atoms with Crippen LogP contribution < -0.4 is 15.5 Å². The Balaban J connectivity index is 1.91. The third-order valence-corrected chi connectivity index (χ3v) is 3.18. The molecule has 0 aromatic heterocycles. The SMILES string of the molecule is COc1ccc(NC(=O)C(=O)N/N=C\c2ccc(O)cc2)cc1Cl. The van der Waals surface area contributed by atoms with Crippen molar-refractivity contribution in [3.63, 3.8) is 0 Å². The van der Waals surface area contributed by atoms with Crippen LogP contribution in [0.1, 0.15) is 5.56 Å². The summed E-state index contributed by atoms with van der Waals surface area (Å²) in [4.78, 5) is 23.4. The van der Waals surface area contributed by atoms with Gasteiger partial charge in [-0.25, -0.2) is 5.43 Å². The van der Waals surface area contributed by atoms with Gasteiger partial charge in [-0.1, -0.05) is 11.6 Å². The van der Waals surface area contributed by atoms with Crippen molar-refractivity contribution in [1.29, 1.82) is 0 Å². The summed E-state index contributed by atoms with van der Waals surface area (Å²) >= 11 is 5.94. The molecule has 0 atom stereocenters. The predicted octanol–water partition coefficient (Wildman–Crippen LogP) is 2.14. The number of rotatable bonds is 4. The molecule has 0 fully saturated rings. The highest BCUT2D eigenvalue weighted by Crippen LogP contribution is 2.27. The molecule has 0 unspecified atom stereocenters. The van der Waals surface area contributed by atoms with Crippen LogP contribution in [0.15, 0.2) is 47.6 Å². The molecule has 0 spiro atoms. The quantitative estimate of drug-likeness (QED) is 0.448. The zero-order valence-corrected chi connectivity index (χ0v) is 13.4. The van der Waals surface area contributed by atoms with Gasteiger partial charge in [0.1, 0.15) is 11.5 Å². The van der Waals surface area contributed by atoms with Crippen LogP contribution in [-0.2, 0) is 9.59 Å². The summed E-state index contributed by atoms with van der Waals surface area (Å²) in [5.41, 5.74) is 3.10. The number of hydrazone groups is 1. The third kappa shape index (κ3) is 4.72. The minimum Gasteiger partial charge on any atom is -0.508 e. The Hall–Kier alpha value is -3.06. The number of ether oxygens (including phenoxy) is 1. The molecule has 0 saturated heterocycles. The van der Waals surface area contributed by atoms with Crippen molar-refractivity contribution < 1.29 is 19.4 Å². The van der Waals surface area contributed by atoms with Gasteiger partial charge in [0.05, 0.1) is 18.3 Å². The number of hydrogen-bond acceptors (Lipinski definition) is 5. The lowest BCUT2D eigenvalue weighted by Gasteiger charge is -2.07. The monoisotopic (exact) mass is 347 g/mol. The summed E-state index contributed by atoms with van der Waals surface area (Å²) < 4.78 is 5.00. The number of phenols is 1. The molecule has 3 N–H and O–H groups in total. The molecule has 0 saturated carbocycles. The number of nitrogens with one attached hydrogen (secondary N) is 2. The van der Waals surface area contributed by atoms with Gasteiger partial charge in [-0.15, -0.1) is 0 Å². The smallest absolute Gasteiger partial charge is 0.329 e. The Bertz CT molecular complexity index is 775. The molecule has 0 radical (unpaired) electrons. The van der Waals surface area contributed by atoms with Crippen molar-refractivity contribution in [2.24, 2.45) is 5.10 Å². The maximum Gasteiger partial charge on any atom is 0.329 e. The first-order chi connectivity index (χ1) is 11.5. The number of benzene rings is 2. The zero-order valence-electron chi connectivity index (χ0n) is 12.6. The van der Waals surface area contributed by atoms with E-state index in [2.05, 4.69) is 15.8 Å². The van der Waals surface area contributed by atoms with Gasteiger partial charge in [0, 0.05) is 5.69 Å². The van der Waals surface area contributed by atoms with E-state index in [1.54, 1.807) is 24.3 Å². The number of aromatic hydroxyl groups is 1. The van der Waals surface area contributed by atoms with E-state index in [1.807, 2.05) is 0 Å². The molecule has 24 heavy (non-hydrogen) atoms. The highest BCUT2D eigenvalue weighted by atomic mass is 35.5. The molecule has 0 aliphatic heterocycles. The summed E-state index contributed by atoms with van der Waals surface area (Å²) in [5, 5.41) is 15.5. The van der Waals surface area contributed by atoms with Crippen LogP contribution in [0.3, 0.4) is 0 Å². The summed E-state index contributed by atoms with van der Waals surface area (Å²) in [6.45, 7) is 0. The largest absolute Gasteiger partial charge is 0.508 e. The van der Waals surface area contributed by atoms with E-state index in [0.717, 1.165) is 0 Å². The Morgan fingerprint density at radius 2 is 1.88 bits per heavy atom. The molecule has 2 rings (SSSR count). The number of phenolic OH excluding ortho intramolecular Hbond substituents is 1. The lowest BCUT2D eigenvalue weighted by Crippen LogP contribution is -2.32. The number of carbonyl (C=O) groups excluding carboxylic acids is 2. The summed E-state index contributed by atoms with van der Waals surface area (Å²) in [7, 11) is 1.47. The van der Waals surface area contributed by atoms with E-state index in [9.17, 15) is 9.59 Å².